The van der Waals surface area contributed by atoms with E-state index in [0.29, 0.717) is 41.6 Å². The highest BCUT2D eigenvalue weighted by atomic mass is 32.2. The highest BCUT2D eigenvalue weighted by Gasteiger charge is 2.23. The molecule has 0 radical (unpaired) electrons. The maximum absolute atomic E-state index is 13.1. The van der Waals surface area contributed by atoms with Crippen LogP contribution in [0.5, 0.6) is 0 Å². The van der Waals surface area contributed by atoms with Crippen LogP contribution in [0.1, 0.15) is 59.0 Å². The lowest BCUT2D eigenvalue weighted by atomic mass is 9.84. The molecule has 36 heavy (non-hydrogen) atoms. The highest BCUT2D eigenvalue weighted by molar-refractivity contribution is 7.92. The molecule has 0 saturated heterocycles. The highest BCUT2D eigenvalue weighted by Crippen LogP contribution is 2.30. The van der Waals surface area contributed by atoms with Gasteiger partial charge in [-0.2, -0.15) is 0 Å². The largest absolute Gasteiger partial charge is 0.366 e. The second kappa shape index (κ2) is 10.5. The first-order valence-corrected chi connectivity index (χ1v) is 13.4. The summed E-state index contributed by atoms with van der Waals surface area (Å²) in [7, 11) is -3.38. The van der Waals surface area contributed by atoms with Crippen molar-refractivity contribution in [1.29, 1.82) is 0 Å². The van der Waals surface area contributed by atoms with E-state index in [2.05, 4.69) is 9.71 Å². The number of aromatic nitrogens is 1. The van der Waals surface area contributed by atoms with Gasteiger partial charge in [-0.25, -0.2) is 8.42 Å². The molecule has 0 atom stereocenters. The third-order valence-electron chi connectivity index (χ3n) is 5.53. The van der Waals surface area contributed by atoms with Crippen molar-refractivity contribution in [3.05, 3.63) is 87.3 Å². The topological polar surface area (TPSA) is 139 Å². The molecule has 0 aliphatic rings. The number of sulfonamides is 1. The van der Waals surface area contributed by atoms with Crippen LogP contribution < -0.4 is 16.0 Å². The third kappa shape index (κ3) is 7.14. The first-order chi connectivity index (χ1) is 16.7. The number of nitrogens with two attached hydrogens (primary N) is 1. The van der Waals surface area contributed by atoms with Crippen LogP contribution in [-0.4, -0.2) is 31.3 Å². The van der Waals surface area contributed by atoms with Crippen LogP contribution in [0.15, 0.2) is 59.5 Å². The summed E-state index contributed by atoms with van der Waals surface area (Å²) in [6.45, 7) is 5.90. The molecular formula is C27H31N3O5S. The number of aryl methyl sites for hydroxylation is 2. The molecule has 190 valence electrons. The summed E-state index contributed by atoms with van der Waals surface area (Å²) in [4.78, 5) is 40.9. The summed E-state index contributed by atoms with van der Waals surface area (Å²) in [5.74, 6) is -0.782. The molecule has 3 aromatic rings. The Kier molecular flexibility index (Phi) is 7.83. The van der Waals surface area contributed by atoms with Gasteiger partial charge < -0.3 is 10.7 Å². The minimum absolute atomic E-state index is 0.0930. The van der Waals surface area contributed by atoms with Crippen molar-refractivity contribution in [2.75, 3.05) is 11.0 Å². The lowest BCUT2D eigenvalue weighted by Gasteiger charge is -2.19. The molecule has 0 saturated carbocycles. The zero-order valence-electron chi connectivity index (χ0n) is 20.8. The second-order valence-corrected chi connectivity index (χ2v) is 11.8. The Morgan fingerprint density at radius 3 is 2.22 bits per heavy atom. The fraction of sp³-hybridized carbons (Fsp3) is 0.296. The number of nitrogens with one attached hydrogen (secondary N) is 2. The molecule has 2 aromatic carbocycles. The summed E-state index contributed by atoms with van der Waals surface area (Å²) in [6, 6.07) is 13.4. The molecule has 4 N–H and O–H groups in total. The van der Waals surface area contributed by atoms with Crippen molar-refractivity contribution in [2.45, 2.75) is 40.0 Å². The molecule has 0 aliphatic carbocycles. The van der Waals surface area contributed by atoms with E-state index in [1.54, 1.807) is 48.5 Å². The number of pyridine rings is 1. The Hall–Kier alpha value is -3.72. The number of aromatic amines is 1. The van der Waals surface area contributed by atoms with E-state index < -0.39 is 15.9 Å². The van der Waals surface area contributed by atoms with Crippen LogP contribution in [0.4, 0.5) is 5.69 Å². The average molecular weight is 510 g/mol. The van der Waals surface area contributed by atoms with E-state index in [1.165, 1.54) is 6.20 Å². The van der Waals surface area contributed by atoms with Gasteiger partial charge in [0, 0.05) is 35.0 Å². The van der Waals surface area contributed by atoms with Crippen LogP contribution in [0, 0.1) is 5.41 Å². The fourth-order valence-corrected chi connectivity index (χ4v) is 4.58. The van der Waals surface area contributed by atoms with Crippen molar-refractivity contribution in [3.63, 3.8) is 0 Å². The van der Waals surface area contributed by atoms with Crippen LogP contribution in [0.2, 0.25) is 0 Å². The van der Waals surface area contributed by atoms with Gasteiger partial charge >= 0.3 is 0 Å². The Bertz CT molecular complexity index is 1450. The number of anilines is 1. The molecule has 1 aromatic heterocycles. The van der Waals surface area contributed by atoms with Gasteiger partial charge in [-0.1, -0.05) is 32.9 Å². The fourth-order valence-electron chi connectivity index (χ4n) is 4.01. The number of carbonyl (C=O) groups excluding carboxylic acids is 2. The number of primary amides is 1. The number of Topliss-reactive ketones (excluding diaryl/α,β-unsaturated/α-hetero) is 1. The van der Waals surface area contributed by atoms with Gasteiger partial charge in [-0.05, 0) is 65.8 Å². The molecule has 8 nitrogen and oxygen atoms in total. The monoisotopic (exact) mass is 509 g/mol. The lowest BCUT2D eigenvalue weighted by molar-refractivity contribution is 0.0937. The maximum Gasteiger partial charge on any atom is 0.255 e. The van der Waals surface area contributed by atoms with E-state index in [9.17, 15) is 22.8 Å². The smallest absolute Gasteiger partial charge is 0.255 e. The predicted molar refractivity (Wildman–Crippen MR) is 142 cm³/mol. The Labute approximate surface area is 211 Å². The van der Waals surface area contributed by atoms with E-state index >= 15 is 0 Å². The van der Waals surface area contributed by atoms with Crippen molar-refractivity contribution >= 4 is 27.4 Å². The zero-order chi connectivity index (χ0) is 26.7. The van der Waals surface area contributed by atoms with Gasteiger partial charge in [-0.3, -0.25) is 19.1 Å². The quantitative estimate of drug-likeness (QED) is 0.375. The first kappa shape index (κ1) is 26.9. The molecule has 0 aliphatic heterocycles. The summed E-state index contributed by atoms with van der Waals surface area (Å²) >= 11 is 0. The first-order valence-electron chi connectivity index (χ1n) is 11.5. The Morgan fingerprint density at radius 1 is 1.00 bits per heavy atom. The number of amides is 1. The Morgan fingerprint density at radius 2 is 1.67 bits per heavy atom. The van der Waals surface area contributed by atoms with Gasteiger partial charge in [0.15, 0.2) is 5.78 Å². The summed E-state index contributed by atoms with van der Waals surface area (Å²) in [5.41, 5.74) is 8.25. The summed E-state index contributed by atoms with van der Waals surface area (Å²) < 4.78 is 25.3. The number of hydrogen-bond donors (Lipinski definition) is 3. The summed E-state index contributed by atoms with van der Waals surface area (Å²) in [6.07, 6.45) is 3.75. The van der Waals surface area contributed by atoms with Crippen LogP contribution in [0.3, 0.4) is 0 Å². The zero-order valence-corrected chi connectivity index (χ0v) is 21.7. The molecule has 0 fully saturated rings. The van der Waals surface area contributed by atoms with E-state index in [1.807, 2.05) is 20.8 Å². The van der Waals surface area contributed by atoms with Gasteiger partial charge in [0.1, 0.15) is 0 Å². The molecule has 9 heteroatoms. The number of rotatable bonds is 9. The van der Waals surface area contributed by atoms with Crippen LogP contribution in [0.25, 0.3) is 11.1 Å². The van der Waals surface area contributed by atoms with E-state index in [4.69, 9.17) is 5.73 Å². The van der Waals surface area contributed by atoms with Gasteiger partial charge in [0.2, 0.25) is 15.9 Å². The molecule has 1 heterocycles. The van der Waals surface area contributed by atoms with E-state index in [-0.39, 0.29) is 27.9 Å². The lowest BCUT2D eigenvalue weighted by Crippen LogP contribution is -2.20. The molecule has 3 rings (SSSR count). The number of benzene rings is 2. The summed E-state index contributed by atoms with van der Waals surface area (Å²) in [5, 5.41) is 0. The minimum Gasteiger partial charge on any atom is -0.366 e. The van der Waals surface area contributed by atoms with Gasteiger partial charge in [0.05, 0.1) is 11.8 Å². The Balaban J connectivity index is 2.05. The standard InChI is InChI=1S/C27H31N3O5S/c1-27(2,3)16-23(31)19-14-18(10-7-17-8-11-20(12-9-17)30-36(4,34)35)24(25(28)32)22(15-19)21-6-5-13-29-26(21)33/h5-6,8-9,11-15,30H,7,10,16H2,1-4H3,(H2,28,32)(H,29,33). The molecule has 0 bridgehead atoms. The molecule has 0 spiro atoms. The number of H-pyrrole nitrogens is 1. The minimum atomic E-state index is -3.38. The van der Waals surface area contributed by atoms with Crippen LogP contribution in [-0.2, 0) is 22.9 Å². The van der Waals surface area contributed by atoms with Gasteiger partial charge in [-0.15, -0.1) is 0 Å². The number of carbonyl (C=O) groups is 2. The second-order valence-electron chi connectivity index (χ2n) is 10.1. The van der Waals surface area contributed by atoms with Crippen molar-refractivity contribution in [2.24, 2.45) is 11.1 Å². The average Bonchev–Trinajstić information content (AvgIpc) is 2.76. The SMILES string of the molecule is CC(C)(C)CC(=O)c1cc(CCc2ccc(NS(C)(=O)=O)cc2)c(C(N)=O)c(-c2ccc[nH]c2=O)c1. The van der Waals surface area contributed by atoms with Crippen molar-refractivity contribution in [1.82, 2.24) is 4.98 Å². The number of hydrogen-bond acceptors (Lipinski definition) is 5. The normalized spacial score (nSPS) is 11.8. The van der Waals surface area contributed by atoms with E-state index in [0.717, 1.165) is 11.8 Å². The van der Waals surface area contributed by atoms with Gasteiger partial charge in [0.25, 0.3) is 5.56 Å². The molecular weight excluding hydrogens is 478 g/mol. The predicted octanol–water partition coefficient (Wildman–Crippen LogP) is 3.92. The third-order valence-corrected chi connectivity index (χ3v) is 6.13. The van der Waals surface area contributed by atoms with Crippen LogP contribution >= 0.6 is 0 Å². The number of ketones is 1. The molecule has 0 unspecified atom stereocenters. The van der Waals surface area contributed by atoms with Crippen molar-refractivity contribution < 1.29 is 18.0 Å². The maximum atomic E-state index is 13.1. The van der Waals surface area contributed by atoms with Crippen molar-refractivity contribution in [3.8, 4) is 11.1 Å². The molecule has 1 amide bonds.